The first-order chi connectivity index (χ1) is 10.4. The third-order valence-corrected chi connectivity index (χ3v) is 3.20. The van der Waals surface area contributed by atoms with Crippen molar-refractivity contribution in [1.82, 2.24) is 4.98 Å². The molecule has 2 rings (SSSR count). The van der Waals surface area contributed by atoms with Crippen LogP contribution in [0.3, 0.4) is 0 Å². The number of thiol groups is 1. The van der Waals surface area contributed by atoms with Gasteiger partial charge in [-0.05, 0) is 25.1 Å². The molecule has 0 saturated heterocycles. The molecule has 1 aromatic heterocycles. The molecule has 2 aromatic rings. The van der Waals surface area contributed by atoms with Crippen molar-refractivity contribution < 1.29 is 28.6 Å². The van der Waals surface area contributed by atoms with Gasteiger partial charge in [-0.1, -0.05) is 0 Å². The lowest BCUT2D eigenvalue weighted by Crippen LogP contribution is -2.12. The topological polar surface area (TPSA) is 107 Å². The second-order valence-electron chi connectivity index (χ2n) is 4.44. The minimum absolute atomic E-state index is 0.0431. The summed E-state index contributed by atoms with van der Waals surface area (Å²) in [6, 6.07) is 4.48. The number of esters is 1. The quantitative estimate of drug-likeness (QED) is 0.618. The van der Waals surface area contributed by atoms with Crippen LogP contribution in [-0.4, -0.2) is 33.8 Å². The molecule has 8 heteroatoms. The van der Waals surface area contributed by atoms with E-state index in [1.54, 1.807) is 6.92 Å². The van der Waals surface area contributed by atoms with Crippen molar-refractivity contribution in [3.8, 4) is 0 Å². The fourth-order valence-electron chi connectivity index (χ4n) is 1.89. The zero-order chi connectivity index (χ0) is 16.3. The summed E-state index contributed by atoms with van der Waals surface area (Å²) in [5.74, 6) is -2.79. The van der Waals surface area contributed by atoms with Gasteiger partial charge < -0.3 is 14.3 Å². The van der Waals surface area contributed by atoms with Crippen molar-refractivity contribution in [3.63, 3.8) is 0 Å². The fraction of sp³-hybridized carbons (Fsp3) is 0.286. The molecule has 1 N–H and O–H groups in total. The molecule has 1 aromatic carbocycles. The third-order valence-electron chi connectivity index (χ3n) is 2.89. The standard InChI is InChI=1S/C14H13NO6S/c1-2-20-13(18)7-3-4-10-9(5-7)15-12(21-10)8(14(19)22)6-11(16)17/h3-5,8H,2,6H2,1H3,(H,16,17)(H,19,22). The maximum atomic E-state index is 11.7. The second-order valence-corrected chi connectivity index (χ2v) is 4.88. The van der Waals surface area contributed by atoms with Crippen LogP contribution in [0.5, 0.6) is 0 Å². The molecule has 1 unspecified atom stereocenters. The molecule has 0 saturated carbocycles. The molecular formula is C14H13NO6S. The Balaban J connectivity index is 2.39. The van der Waals surface area contributed by atoms with E-state index >= 15 is 0 Å². The summed E-state index contributed by atoms with van der Waals surface area (Å²) >= 11 is 3.67. The first-order valence-electron chi connectivity index (χ1n) is 6.44. The van der Waals surface area contributed by atoms with Gasteiger partial charge in [-0.25, -0.2) is 9.78 Å². The monoisotopic (exact) mass is 323 g/mol. The minimum atomic E-state index is -1.16. The van der Waals surface area contributed by atoms with E-state index in [4.69, 9.17) is 14.3 Å². The summed E-state index contributed by atoms with van der Waals surface area (Å²) in [6.45, 7) is 1.94. The zero-order valence-corrected chi connectivity index (χ0v) is 12.5. The maximum Gasteiger partial charge on any atom is 0.338 e. The molecule has 0 aliphatic rings. The predicted octanol–water partition coefficient (Wildman–Crippen LogP) is 2.02. The van der Waals surface area contributed by atoms with Gasteiger partial charge in [0, 0.05) is 0 Å². The fourth-order valence-corrected chi connectivity index (χ4v) is 2.09. The number of ether oxygens (including phenoxy) is 1. The van der Waals surface area contributed by atoms with Crippen molar-refractivity contribution in [3.05, 3.63) is 29.7 Å². The highest BCUT2D eigenvalue weighted by atomic mass is 32.1. The molecule has 1 heterocycles. The number of carboxylic acid groups (broad SMARTS) is 1. The Morgan fingerprint density at radius 3 is 2.73 bits per heavy atom. The lowest BCUT2D eigenvalue weighted by Gasteiger charge is -2.04. The molecule has 0 bridgehead atoms. The number of hydrogen-bond acceptors (Lipinski definition) is 6. The van der Waals surface area contributed by atoms with E-state index in [0.717, 1.165) is 0 Å². The Morgan fingerprint density at radius 2 is 2.14 bits per heavy atom. The molecule has 0 amide bonds. The Hall–Kier alpha value is -2.35. The summed E-state index contributed by atoms with van der Waals surface area (Å²) in [4.78, 5) is 38.0. The molecule has 0 aliphatic carbocycles. The van der Waals surface area contributed by atoms with Gasteiger partial charge >= 0.3 is 11.9 Å². The summed E-state index contributed by atoms with van der Waals surface area (Å²) in [5, 5.41) is 8.17. The lowest BCUT2D eigenvalue weighted by atomic mass is 10.1. The van der Waals surface area contributed by atoms with E-state index in [-0.39, 0.29) is 12.5 Å². The number of nitrogens with zero attached hydrogens (tertiary/aromatic N) is 1. The molecular weight excluding hydrogens is 310 g/mol. The molecule has 22 heavy (non-hydrogen) atoms. The number of aliphatic carboxylic acids is 1. The first kappa shape index (κ1) is 16.0. The molecule has 116 valence electrons. The van der Waals surface area contributed by atoms with Crippen molar-refractivity contribution in [2.24, 2.45) is 0 Å². The number of carboxylic acids is 1. The van der Waals surface area contributed by atoms with E-state index in [1.807, 2.05) is 0 Å². The average Bonchev–Trinajstić information content (AvgIpc) is 2.86. The van der Waals surface area contributed by atoms with E-state index in [9.17, 15) is 14.4 Å². The van der Waals surface area contributed by atoms with Crippen LogP contribution in [0.2, 0.25) is 0 Å². The number of benzene rings is 1. The summed E-state index contributed by atoms with van der Waals surface area (Å²) in [7, 11) is 0. The number of hydrogen-bond donors (Lipinski definition) is 2. The first-order valence-corrected chi connectivity index (χ1v) is 6.89. The Morgan fingerprint density at radius 1 is 1.41 bits per heavy atom. The van der Waals surface area contributed by atoms with Gasteiger partial charge in [0.05, 0.1) is 18.6 Å². The largest absolute Gasteiger partial charge is 0.481 e. The molecule has 0 radical (unpaired) electrons. The molecule has 0 spiro atoms. The Kier molecular flexibility index (Phi) is 4.81. The van der Waals surface area contributed by atoms with E-state index in [2.05, 4.69) is 17.6 Å². The van der Waals surface area contributed by atoms with Gasteiger partial charge in [0.2, 0.25) is 5.89 Å². The Bertz CT molecular complexity index is 738. The van der Waals surface area contributed by atoms with Crippen LogP contribution >= 0.6 is 12.6 Å². The van der Waals surface area contributed by atoms with Gasteiger partial charge in [-0.3, -0.25) is 9.59 Å². The molecule has 1 atom stereocenters. The van der Waals surface area contributed by atoms with Gasteiger partial charge in [0.25, 0.3) is 0 Å². The number of aromatic nitrogens is 1. The van der Waals surface area contributed by atoms with Gasteiger partial charge in [-0.15, -0.1) is 12.6 Å². The highest BCUT2D eigenvalue weighted by molar-refractivity contribution is 7.96. The Labute approximate surface area is 130 Å². The van der Waals surface area contributed by atoms with Crippen molar-refractivity contribution in [1.29, 1.82) is 0 Å². The van der Waals surface area contributed by atoms with Gasteiger partial charge in [0.1, 0.15) is 11.4 Å². The highest BCUT2D eigenvalue weighted by Gasteiger charge is 2.26. The number of carbonyl (C=O) groups excluding carboxylic acids is 2. The third kappa shape index (κ3) is 3.45. The van der Waals surface area contributed by atoms with E-state index < -0.39 is 29.4 Å². The van der Waals surface area contributed by atoms with Gasteiger partial charge in [0.15, 0.2) is 10.7 Å². The van der Waals surface area contributed by atoms with Crippen molar-refractivity contribution >= 4 is 40.8 Å². The predicted molar refractivity (Wildman–Crippen MR) is 79.0 cm³/mol. The zero-order valence-electron chi connectivity index (χ0n) is 11.6. The molecule has 0 aliphatic heterocycles. The van der Waals surface area contributed by atoms with Gasteiger partial charge in [-0.2, -0.15) is 0 Å². The number of oxazole rings is 1. The van der Waals surface area contributed by atoms with Crippen LogP contribution < -0.4 is 0 Å². The van der Waals surface area contributed by atoms with Crippen molar-refractivity contribution in [2.75, 3.05) is 6.61 Å². The lowest BCUT2D eigenvalue weighted by molar-refractivity contribution is -0.138. The minimum Gasteiger partial charge on any atom is -0.481 e. The smallest absolute Gasteiger partial charge is 0.338 e. The summed E-state index contributed by atoms with van der Waals surface area (Å²) in [6.07, 6.45) is -0.472. The van der Waals surface area contributed by atoms with E-state index in [1.165, 1.54) is 18.2 Å². The SMILES string of the molecule is CCOC(=O)c1ccc2oc(C(CC(=O)O)C(=O)S)nc2c1. The second kappa shape index (κ2) is 6.61. The maximum absolute atomic E-state index is 11.7. The molecule has 0 fully saturated rings. The van der Waals surface area contributed by atoms with Crippen LogP contribution in [0, 0.1) is 0 Å². The number of rotatable bonds is 6. The van der Waals surface area contributed by atoms with Crippen molar-refractivity contribution in [2.45, 2.75) is 19.3 Å². The normalized spacial score (nSPS) is 12.1. The average molecular weight is 323 g/mol. The molecule has 7 nitrogen and oxygen atoms in total. The number of fused-ring (bicyclic) bond motifs is 1. The van der Waals surface area contributed by atoms with E-state index in [0.29, 0.717) is 16.7 Å². The van der Waals surface area contributed by atoms with Crippen LogP contribution in [0.1, 0.15) is 35.5 Å². The summed E-state index contributed by atoms with van der Waals surface area (Å²) in [5.41, 5.74) is 0.972. The van der Waals surface area contributed by atoms with Crippen LogP contribution in [0.4, 0.5) is 0 Å². The number of carbonyl (C=O) groups is 3. The van der Waals surface area contributed by atoms with Crippen LogP contribution in [0.15, 0.2) is 22.6 Å². The van der Waals surface area contributed by atoms with Crippen LogP contribution in [0.25, 0.3) is 11.1 Å². The highest BCUT2D eigenvalue weighted by Crippen LogP contribution is 2.26. The van der Waals surface area contributed by atoms with Crippen LogP contribution in [-0.2, 0) is 14.3 Å². The summed E-state index contributed by atoms with van der Waals surface area (Å²) < 4.78 is 10.3.